The van der Waals surface area contributed by atoms with E-state index >= 15 is 0 Å². The zero-order valence-electron chi connectivity index (χ0n) is 16.2. The van der Waals surface area contributed by atoms with Crippen molar-refractivity contribution >= 4 is 17.5 Å². The van der Waals surface area contributed by atoms with Crippen LogP contribution in [-0.2, 0) is 11.3 Å². The minimum atomic E-state index is -0.775. The number of rotatable bonds is 4. The number of benzene rings is 3. The number of amides is 2. The van der Waals surface area contributed by atoms with Crippen LogP contribution in [0.2, 0.25) is 0 Å². The Morgan fingerprint density at radius 2 is 1.66 bits per heavy atom. The zero-order valence-corrected chi connectivity index (χ0v) is 16.2. The van der Waals surface area contributed by atoms with E-state index in [2.05, 4.69) is 5.32 Å². The topological polar surface area (TPSA) is 58.6 Å². The van der Waals surface area contributed by atoms with E-state index in [-0.39, 0.29) is 18.4 Å². The Labute approximate surface area is 169 Å². The number of para-hydroxylation sites is 2. The molecule has 3 aromatic carbocycles. The van der Waals surface area contributed by atoms with Gasteiger partial charge in [-0.1, -0.05) is 60.2 Å². The minimum Gasteiger partial charge on any atom is -0.477 e. The number of nitrogens with one attached hydrogen (secondary N) is 1. The standard InChI is InChI=1S/C24H22N2O3/c1-17-11-13-19(14-12-17)24(28)26-16-22(29-21-10-6-5-9-20(21)26)23(27)25-15-18-7-3-2-4-8-18/h2-14,22H,15-16H2,1H3,(H,25,27)/t22-/m0/s1. The van der Waals surface area contributed by atoms with Gasteiger partial charge in [0.05, 0.1) is 12.2 Å². The first-order valence-electron chi connectivity index (χ1n) is 9.57. The van der Waals surface area contributed by atoms with Crippen LogP contribution in [0, 0.1) is 6.92 Å². The second-order valence-corrected chi connectivity index (χ2v) is 7.06. The Morgan fingerprint density at radius 1 is 0.966 bits per heavy atom. The van der Waals surface area contributed by atoms with Gasteiger partial charge in [-0.15, -0.1) is 0 Å². The van der Waals surface area contributed by atoms with E-state index in [1.807, 2.05) is 67.6 Å². The Morgan fingerprint density at radius 3 is 2.41 bits per heavy atom. The van der Waals surface area contributed by atoms with Crippen molar-refractivity contribution in [1.29, 1.82) is 0 Å². The largest absolute Gasteiger partial charge is 0.477 e. The van der Waals surface area contributed by atoms with Gasteiger partial charge in [0.15, 0.2) is 6.10 Å². The number of hydrogen-bond acceptors (Lipinski definition) is 3. The van der Waals surface area contributed by atoms with Crippen LogP contribution in [-0.4, -0.2) is 24.5 Å². The van der Waals surface area contributed by atoms with Gasteiger partial charge in [-0.25, -0.2) is 0 Å². The molecule has 1 heterocycles. The van der Waals surface area contributed by atoms with Crippen molar-refractivity contribution in [1.82, 2.24) is 5.32 Å². The number of hydrogen-bond donors (Lipinski definition) is 1. The summed E-state index contributed by atoms with van der Waals surface area (Å²) in [4.78, 5) is 27.5. The van der Waals surface area contributed by atoms with Crippen molar-refractivity contribution in [2.24, 2.45) is 0 Å². The van der Waals surface area contributed by atoms with Crippen molar-refractivity contribution in [3.05, 3.63) is 95.6 Å². The van der Waals surface area contributed by atoms with Crippen molar-refractivity contribution in [2.45, 2.75) is 19.6 Å². The maximum atomic E-state index is 13.2. The number of fused-ring (bicyclic) bond motifs is 1. The Bertz CT molecular complexity index is 1020. The number of aryl methyl sites for hydroxylation is 1. The Balaban J connectivity index is 1.54. The molecule has 1 atom stereocenters. The molecule has 0 saturated heterocycles. The van der Waals surface area contributed by atoms with E-state index in [9.17, 15) is 9.59 Å². The molecule has 0 bridgehead atoms. The fourth-order valence-corrected chi connectivity index (χ4v) is 3.31. The van der Waals surface area contributed by atoms with Gasteiger partial charge in [-0.05, 0) is 36.8 Å². The minimum absolute atomic E-state index is 0.151. The van der Waals surface area contributed by atoms with Crippen LogP contribution < -0.4 is 15.0 Å². The third-order valence-corrected chi connectivity index (χ3v) is 4.92. The Hall–Kier alpha value is -3.60. The van der Waals surface area contributed by atoms with Crippen LogP contribution in [0.25, 0.3) is 0 Å². The number of anilines is 1. The average molecular weight is 386 g/mol. The van der Waals surface area contributed by atoms with E-state index in [0.29, 0.717) is 23.5 Å². The van der Waals surface area contributed by atoms with Crippen LogP contribution in [0.4, 0.5) is 5.69 Å². The smallest absolute Gasteiger partial charge is 0.263 e. The summed E-state index contributed by atoms with van der Waals surface area (Å²) in [6.07, 6.45) is -0.775. The van der Waals surface area contributed by atoms with E-state index < -0.39 is 6.10 Å². The monoisotopic (exact) mass is 386 g/mol. The van der Waals surface area contributed by atoms with Crippen molar-refractivity contribution < 1.29 is 14.3 Å². The summed E-state index contributed by atoms with van der Waals surface area (Å²) in [5, 5.41) is 2.90. The van der Waals surface area contributed by atoms with Gasteiger partial charge in [0.2, 0.25) is 0 Å². The van der Waals surface area contributed by atoms with Crippen molar-refractivity contribution in [2.75, 3.05) is 11.4 Å². The lowest BCUT2D eigenvalue weighted by Crippen LogP contribution is -2.50. The quantitative estimate of drug-likeness (QED) is 0.744. The van der Waals surface area contributed by atoms with Crippen molar-refractivity contribution in [3.8, 4) is 5.75 Å². The van der Waals surface area contributed by atoms with Gasteiger partial charge in [-0.2, -0.15) is 0 Å². The fraction of sp³-hybridized carbons (Fsp3) is 0.167. The molecular formula is C24H22N2O3. The van der Waals surface area contributed by atoms with Crippen LogP contribution in [0.15, 0.2) is 78.9 Å². The molecule has 1 aliphatic rings. The number of carbonyl (C=O) groups excluding carboxylic acids is 2. The molecule has 0 saturated carbocycles. The van der Waals surface area contributed by atoms with Crippen LogP contribution >= 0.6 is 0 Å². The molecule has 0 unspecified atom stereocenters. The molecule has 0 spiro atoms. The third-order valence-electron chi connectivity index (χ3n) is 4.92. The highest BCUT2D eigenvalue weighted by molar-refractivity contribution is 6.07. The van der Waals surface area contributed by atoms with Gasteiger partial charge >= 0.3 is 0 Å². The van der Waals surface area contributed by atoms with E-state index in [1.165, 1.54) is 0 Å². The van der Waals surface area contributed by atoms with Gasteiger partial charge in [0, 0.05) is 12.1 Å². The molecule has 5 nitrogen and oxygen atoms in total. The van der Waals surface area contributed by atoms with Crippen LogP contribution in [0.3, 0.4) is 0 Å². The predicted octanol–water partition coefficient (Wildman–Crippen LogP) is 3.72. The van der Waals surface area contributed by atoms with Crippen LogP contribution in [0.5, 0.6) is 5.75 Å². The fourth-order valence-electron chi connectivity index (χ4n) is 3.31. The highest BCUT2D eigenvalue weighted by Crippen LogP contribution is 2.34. The molecule has 0 radical (unpaired) electrons. The number of nitrogens with zero attached hydrogens (tertiary/aromatic N) is 1. The van der Waals surface area contributed by atoms with E-state index in [1.54, 1.807) is 23.1 Å². The summed E-state index contributed by atoms with van der Waals surface area (Å²) >= 11 is 0. The van der Waals surface area contributed by atoms with E-state index in [4.69, 9.17) is 4.74 Å². The first-order chi connectivity index (χ1) is 14.1. The summed E-state index contributed by atoms with van der Waals surface area (Å²) in [7, 11) is 0. The van der Waals surface area contributed by atoms with Gasteiger partial charge in [-0.3, -0.25) is 9.59 Å². The summed E-state index contributed by atoms with van der Waals surface area (Å²) in [5.41, 5.74) is 3.34. The molecule has 29 heavy (non-hydrogen) atoms. The highest BCUT2D eigenvalue weighted by atomic mass is 16.5. The zero-order chi connectivity index (χ0) is 20.2. The molecule has 4 rings (SSSR count). The maximum Gasteiger partial charge on any atom is 0.263 e. The molecule has 3 aromatic rings. The third kappa shape index (κ3) is 4.14. The lowest BCUT2D eigenvalue weighted by molar-refractivity contribution is -0.127. The second kappa shape index (κ2) is 8.19. The van der Waals surface area contributed by atoms with Crippen LogP contribution in [0.1, 0.15) is 21.5 Å². The molecule has 1 aliphatic heterocycles. The number of carbonyl (C=O) groups is 2. The lowest BCUT2D eigenvalue weighted by Gasteiger charge is -2.34. The SMILES string of the molecule is Cc1ccc(C(=O)N2C[C@@H](C(=O)NCc3ccccc3)Oc3ccccc32)cc1. The normalized spacial score (nSPS) is 15.2. The van der Waals surface area contributed by atoms with Crippen molar-refractivity contribution in [3.63, 3.8) is 0 Å². The molecular weight excluding hydrogens is 364 g/mol. The number of ether oxygens (including phenoxy) is 1. The molecule has 0 aromatic heterocycles. The summed E-state index contributed by atoms with van der Waals surface area (Å²) < 4.78 is 5.91. The maximum absolute atomic E-state index is 13.2. The predicted molar refractivity (Wildman–Crippen MR) is 112 cm³/mol. The first kappa shape index (κ1) is 18.7. The first-order valence-corrected chi connectivity index (χ1v) is 9.57. The van der Waals surface area contributed by atoms with Gasteiger partial charge < -0.3 is 15.0 Å². The second-order valence-electron chi connectivity index (χ2n) is 7.06. The van der Waals surface area contributed by atoms with Gasteiger partial charge in [0.25, 0.3) is 11.8 Å². The highest BCUT2D eigenvalue weighted by Gasteiger charge is 2.34. The summed E-state index contributed by atoms with van der Waals surface area (Å²) in [6.45, 7) is 2.54. The lowest BCUT2D eigenvalue weighted by atomic mass is 10.1. The molecule has 2 amide bonds. The summed E-state index contributed by atoms with van der Waals surface area (Å²) in [6, 6.07) is 24.4. The molecule has 1 N–H and O–H groups in total. The summed E-state index contributed by atoms with van der Waals surface area (Å²) in [5.74, 6) is 0.130. The van der Waals surface area contributed by atoms with Gasteiger partial charge in [0.1, 0.15) is 5.75 Å². The molecule has 146 valence electrons. The molecule has 5 heteroatoms. The Kier molecular flexibility index (Phi) is 5.29. The average Bonchev–Trinajstić information content (AvgIpc) is 2.77. The molecule has 0 aliphatic carbocycles. The molecule has 0 fully saturated rings. The van der Waals surface area contributed by atoms with E-state index in [0.717, 1.165) is 11.1 Å².